The van der Waals surface area contributed by atoms with Crippen LogP contribution >= 0.6 is 0 Å². The smallest absolute Gasteiger partial charge is 0.412 e. The molecule has 1 amide bonds. The quantitative estimate of drug-likeness (QED) is 0.807. The Morgan fingerprint density at radius 2 is 2.17 bits per heavy atom. The summed E-state index contributed by atoms with van der Waals surface area (Å²) in [7, 11) is 0. The van der Waals surface area contributed by atoms with Crippen molar-refractivity contribution in [3.8, 4) is 0 Å². The highest BCUT2D eigenvalue weighted by atomic mass is 19.1. The number of anilines is 2. The molecule has 1 heterocycles. The van der Waals surface area contributed by atoms with Gasteiger partial charge in [-0.1, -0.05) is 0 Å². The second kappa shape index (κ2) is 4.48. The Hall–Kier alpha value is -1.78. The summed E-state index contributed by atoms with van der Waals surface area (Å²) in [4.78, 5) is 11.6. The standard InChI is InChI=1S/C13H17FN2O2/c1-13(2,3)18-12(17)16-11-7-10-8(4-5-15-10)6-9(11)14/h6-7,15H,4-5H2,1-3H3,(H,16,17). The van der Waals surface area contributed by atoms with E-state index in [2.05, 4.69) is 10.6 Å². The number of nitrogens with one attached hydrogen (secondary N) is 2. The summed E-state index contributed by atoms with van der Waals surface area (Å²) >= 11 is 0. The largest absolute Gasteiger partial charge is 0.444 e. The Morgan fingerprint density at radius 3 is 2.83 bits per heavy atom. The zero-order chi connectivity index (χ0) is 13.3. The molecule has 1 aliphatic rings. The predicted molar refractivity (Wildman–Crippen MR) is 68.5 cm³/mol. The van der Waals surface area contributed by atoms with Crippen LogP contribution in [0.2, 0.25) is 0 Å². The van der Waals surface area contributed by atoms with E-state index >= 15 is 0 Å². The van der Waals surface area contributed by atoms with Crippen LogP contribution < -0.4 is 10.6 Å². The van der Waals surface area contributed by atoms with E-state index in [0.717, 1.165) is 24.2 Å². The Morgan fingerprint density at radius 1 is 1.44 bits per heavy atom. The maximum atomic E-state index is 13.7. The van der Waals surface area contributed by atoms with Gasteiger partial charge in [-0.3, -0.25) is 5.32 Å². The number of rotatable bonds is 1. The molecule has 0 aromatic heterocycles. The Balaban J connectivity index is 2.12. The first kappa shape index (κ1) is 12.7. The van der Waals surface area contributed by atoms with Gasteiger partial charge in [0.05, 0.1) is 5.69 Å². The highest BCUT2D eigenvalue weighted by Crippen LogP contribution is 2.28. The van der Waals surface area contributed by atoms with Gasteiger partial charge in [0.1, 0.15) is 11.4 Å². The highest BCUT2D eigenvalue weighted by molar-refractivity contribution is 5.86. The van der Waals surface area contributed by atoms with Crippen LogP contribution in [0.15, 0.2) is 12.1 Å². The zero-order valence-electron chi connectivity index (χ0n) is 10.8. The minimum atomic E-state index is -0.653. The fourth-order valence-corrected chi connectivity index (χ4v) is 1.83. The van der Waals surface area contributed by atoms with E-state index in [9.17, 15) is 9.18 Å². The maximum absolute atomic E-state index is 13.7. The van der Waals surface area contributed by atoms with Crippen molar-refractivity contribution in [3.63, 3.8) is 0 Å². The maximum Gasteiger partial charge on any atom is 0.412 e. The van der Waals surface area contributed by atoms with E-state index in [1.165, 1.54) is 6.07 Å². The van der Waals surface area contributed by atoms with Crippen LogP contribution in [0.3, 0.4) is 0 Å². The molecule has 1 aliphatic heterocycles. The van der Waals surface area contributed by atoms with E-state index < -0.39 is 17.5 Å². The van der Waals surface area contributed by atoms with E-state index in [-0.39, 0.29) is 5.69 Å². The van der Waals surface area contributed by atoms with Crippen LogP contribution in [0.4, 0.5) is 20.6 Å². The molecule has 5 heteroatoms. The first-order chi connectivity index (χ1) is 8.35. The van der Waals surface area contributed by atoms with Gasteiger partial charge >= 0.3 is 6.09 Å². The number of fused-ring (bicyclic) bond motifs is 1. The molecule has 0 saturated carbocycles. The molecule has 0 radical (unpaired) electrons. The summed E-state index contributed by atoms with van der Waals surface area (Å²) < 4.78 is 18.8. The molecule has 0 bridgehead atoms. The van der Waals surface area contributed by atoms with Crippen molar-refractivity contribution in [2.24, 2.45) is 0 Å². The molecule has 2 rings (SSSR count). The molecule has 98 valence electrons. The van der Waals surface area contributed by atoms with E-state index in [1.807, 2.05) is 0 Å². The molecular weight excluding hydrogens is 235 g/mol. The lowest BCUT2D eigenvalue weighted by atomic mass is 10.1. The summed E-state index contributed by atoms with van der Waals surface area (Å²) in [6.07, 6.45) is 0.151. The number of hydrogen-bond donors (Lipinski definition) is 2. The first-order valence-corrected chi connectivity index (χ1v) is 5.91. The van der Waals surface area contributed by atoms with Gasteiger partial charge in [-0.2, -0.15) is 0 Å². The normalized spacial score (nSPS) is 13.8. The number of hydrogen-bond acceptors (Lipinski definition) is 3. The molecule has 2 N–H and O–H groups in total. The van der Waals surface area contributed by atoms with Crippen molar-refractivity contribution < 1.29 is 13.9 Å². The minimum absolute atomic E-state index is 0.136. The van der Waals surface area contributed by atoms with Crippen LogP contribution in [0.1, 0.15) is 26.3 Å². The zero-order valence-corrected chi connectivity index (χ0v) is 10.8. The van der Waals surface area contributed by atoms with Crippen molar-refractivity contribution in [1.29, 1.82) is 0 Å². The van der Waals surface area contributed by atoms with Crippen LogP contribution in [-0.4, -0.2) is 18.2 Å². The summed E-state index contributed by atoms with van der Waals surface area (Å²) in [5.41, 5.74) is 1.33. The lowest BCUT2D eigenvalue weighted by Crippen LogP contribution is -2.27. The lowest BCUT2D eigenvalue weighted by Gasteiger charge is -2.20. The number of ether oxygens (including phenoxy) is 1. The number of carbonyl (C=O) groups is 1. The lowest BCUT2D eigenvalue weighted by molar-refractivity contribution is 0.0635. The molecule has 1 aromatic carbocycles. The van der Waals surface area contributed by atoms with Crippen molar-refractivity contribution in [1.82, 2.24) is 0 Å². The Labute approximate surface area is 106 Å². The Kier molecular flexibility index (Phi) is 3.15. The van der Waals surface area contributed by atoms with Gasteiger partial charge in [0, 0.05) is 12.2 Å². The third kappa shape index (κ3) is 2.91. The predicted octanol–water partition coefficient (Wildman–Crippen LogP) is 3.14. The molecule has 0 fully saturated rings. The number of amides is 1. The molecule has 0 saturated heterocycles. The third-order valence-corrected chi connectivity index (χ3v) is 2.54. The van der Waals surface area contributed by atoms with Crippen LogP contribution in [0.5, 0.6) is 0 Å². The summed E-state index contributed by atoms with van der Waals surface area (Å²) in [5, 5.41) is 5.55. The monoisotopic (exact) mass is 252 g/mol. The average Bonchev–Trinajstić information content (AvgIpc) is 2.62. The van der Waals surface area contributed by atoms with E-state index in [0.29, 0.717) is 0 Å². The van der Waals surface area contributed by atoms with E-state index in [1.54, 1.807) is 26.8 Å². The van der Waals surface area contributed by atoms with Gasteiger partial charge < -0.3 is 10.1 Å². The molecule has 0 atom stereocenters. The first-order valence-electron chi connectivity index (χ1n) is 5.91. The molecule has 0 unspecified atom stereocenters. The number of carbonyl (C=O) groups excluding carboxylic acids is 1. The molecule has 0 aliphatic carbocycles. The second-order valence-corrected chi connectivity index (χ2v) is 5.29. The Bertz CT molecular complexity index is 481. The summed E-state index contributed by atoms with van der Waals surface area (Å²) in [5.74, 6) is -0.441. The van der Waals surface area contributed by atoms with Crippen molar-refractivity contribution in [3.05, 3.63) is 23.5 Å². The topological polar surface area (TPSA) is 50.4 Å². The van der Waals surface area contributed by atoms with Crippen molar-refractivity contribution in [2.45, 2.75) is 32.8 Å². The highest BCUT2D eigenvalue weighted by Gasteiger charge is 2.19. The van der Waals surface area contributed by atoms with Gasteiger partial charge in [-0.15, -0.1) is 0 Å². The van der Waals surface area contributed by atoms with Gasteiger partial charge in [0.2, 0.25) is 0 Å². The number of benzene rings is 1. The van der Waals surface area contributed by atoms with Crippen molar-refractivity contribution >= 4 is 17.5 Å². The summed E-state index contributed by atoms with van der Waals surface area (Å²) in [6.45, 7) is 6.07. The van der Waals surface area contributed by atoms with Crippen LogP contribution in [0.25, 0.3) is 0 Å². The average molecular weight is 252 g/mol. The van der Waals surface area contributed by atoms with Crippen LogP contribution in [0, 0.1) is 5.82 Å². The molecular formula is C13H17FN2O2. The van der Waals surface area contributed by atoms with Crippen molar-refractivity contribution in [2.75, 3.05) is 17.2 Å². The molecule has 4 nitrogen and oxygen atoms in total. The van der Waals surface area contributed by atoms with Gasteiger partial charge in [0.15, 0.2) is 0 Å². The van der Waals surface area contributed by atoms with Gasteiger partial charge in [-0.05, 0) is 44.9 Å². The SMILES string of the molecule is CC(C)(C)OC(=O)Nc1cc2c(cc1F)CCN2. The number of halogens is 1. The molecule has 0 spiro atoms. The third-order valence-electron chi connectivity index (χ3n) is 2.54. The minimum Gasteiger partial charge on any atom is -0.444 e. The van der Waals surface area contributed by atoms with E-state index in [4.69, 9.17) is 4.74 Å². The fraction of sp³-hybridized carbons (Fsp3) is 0.462. The molecule has 18 heavy (non-hydrogen) atoms. The molecule has 1 aromatic rings. The summed E-state index contributed by atoms with van der Waals surface area (Å²) in [6, 6.07) is 3.05. The fourth-order valence-electron chi connectivity index (χ4n) is 1.83. The van der Waals surface area contributed by atoms with Crippen LogP contribution in [-0.2, 0) is 11.2 Å². The van der Waals surface area contributed by atoms with Gasteiger partial charge in [-0.25, -0.2) is 9.18 Å². The van der Waals surface area contributed by atoms with Gasteiger partial charge in [0.25, 0.3) is 0 Å². The second-order valence-electron chi connectivity index (χ2n) is 5.29.